The first kappa shape index (κ1) is 15.3. The summed E-state index contributed by atoms with van der Waals surface area (Å²) in [5, 5.41) is 3.18. The molecule has 0 amide bonds. The fraction of sp³-hybridized carbons (Fsp3) is 0.571. The van der Waals surface area contributed by atoms with E-state index in [9.17, 15) is 13.2 Å². The van der Waals surface area contributed by atoms with Crippen molar-refractivity contribution in [3.63, 3.8) is 0 Å². The molecule has 0 saturated carbocycles. The predicted octanol–water partition coefficient (Wildman–Crippen LogP) is 3.12. The zero-order chi connectivity index (χ0) is 14.6. The highest BCUT2D eigenvalue weighted by Crippen LogP contribution is 2.32. The zero-order valence-electron chi connectivity index (χ0n) is 11.2. The summed E-state index contributed by atoms with van der Waals surface area (Å²) >= 11 is 0. The second-order valence-corrected chi connectivity index (χ2v) is 4.64. The Morgan fingerprint density at radius 3 is 2.60 bits per heavy atom. The van der Waals surface area contributed by atoms with Crippen LogP contribution >= 0.6 is 0 Å². The van der Waals surface area contributed by atoms with E-state index in [0.717, 1.165) is 6.07 Å². The largest absolute Gasteiger partial charge is 0.416 e. The van der Waals surface area contributed by atoms with Gasteiger partial charge in [-0.3, -0.25) is 0 Å². The Hall–Kier alpha value is -1.11. The second kappa shape index (κ2) is 6.56. The number of ether oxygens (including phenoxy) is 2. The van der Waals surface area contributed by atoms with Crippen LogP contribution in [0.15, 0.2) is 24.3 Å². The van der Waals surface area contributed by atoms with Crippen molar-refractivity contribution < 1.29 is 22.6 Å². The van der Waals surface area contributed by atoms with E-state index >= 15 is 0 Å². The summed E-state index contributed by atoms with van der Waals surface area (Å²) in [7, 11) is 0. The summed E-state index contributed by atoms with van der Waals surface area (Å²) in [6.45, 7) is 3.64. The van der Waals surface area contributed by atoms with Gasteiger partial charge in [-0.2, -0.15) is 13.2 Å². The number of alkyl halides is 3. The third kappa shape index (κ3) is 3.94. The van der Waals surface area contributed by atoms with Crippen molar-refractivity contribution in [1.29, 1.82) is 0 Å². The first-order valence-corrected chi connectivity index (χ1v) is 6.64. The van der Waals surface area contributed by atoms with Gasteiger partial charge in [-0.1, -0.05) is 19.1 Å². The molecule has 6 heteroatoms. The summed E-state index contributed by atoms with van der Waals surface area (Å²) in [5.74, 6) is 0. The molecular weight excluding hydrogens is 271 g/mol. The summed E-state index contributed by atoms with van der Waals surface area (Å²) in [4.78, 5) is 0. The Morgan fingerprint density at radius 1 is 1.30 bits per heavy atom. The predicted molar refractivity (Wildman–Crippen MR) is 68.2 cm³/mol. The fourth-order valence-corrected chi connectivity index (χ4v) is 2.25. The van der Waals surface area contributed by atoms with Crippen molar-refractivity contribution in [2.45, 2.75) is 31.9 Å². The lowest BCUT2D eigenvalue weighted by atomic mass is 10.0. The summed E-state index contributed by atoms with van der Waals surface area (Å²) in [6.07, 6.45) is -4.18. The molecule has 20 heavy (non-hydrogen) atoms. The lowest BCUT2D eigenvalue weighted by molar-refractivity contribution is -0.137. The molecule has 1 aliphatic heterocycles. The maximum absolute atomic E-state index is 12.8. The number of benzene rings is 1. The highest BCUT2D eigenvalue weighted by molar-refractivity contribution is 5.28. The van der Waals surface area contributed by atoms with E-state index in [0.29, 0.717) is 31.7 Å². The number of nitrogens with one attached hydrogen (secondary N) is 1. The number of hydrogen-bond acceptors (Lipinski definition) is 3. The molecule has 1 unspecified atom stereocenters. The van der Waals surface area contributed by atoms with Crippen LogP contribution in [0.2, 0.25) is 0 Å². The molecule has 1 aromatic carbocycles. The molecule has 0 bridgehead atoms. The average molecular weight is 289 g/mol. The van der Waals surface area contributed by atoms with E-state index in [1.54, 1.807) is 6.07 Å². The minimum Gasteiger partial charge on any atom is -0.350 e. The Labute approximate surface area is 116 Å². The van der Waals surface area contributed by atoms with Gasteiger partial charge in [0.05, 0.1) is 18.8 Å². The van der Waals surface area contributed by atoms with Crippen LogP contribution in [0, 0.1) is 0 Å². The zero-order valence-corrected chi connectivity index (χ0v) is 11.2. The normalized spacial score (nSPS) is 18.4. The van der Waals surface area contributed by atoms with Crippen molar-refractivity contribution in [3.05, 3.63) is 35.4 Å². The first-order chi connectivity index (χ1) is 9.50. The Bertz CT molecular complexity index is 431. The Morgan fingerprint density at radius 2 is 2.00 bits per heavy atom. The first-order valence-electron chi connectivity index (χ1n) is 6.64. The van der Waals surface area contributed by atoms with Gasteiger partial charge in [0.1, 0.15) is 0 Å². The minimum absolute atomic E-state index is 0.217. The Kier molecular flexibility index (Phi) is 5.01. The van der Waals surface area contributed by atoms with Gasteiger partial charge in [0.2, 0.25) is 0 Å². The molecule has 0 aliphatic carbocycles. The number of halogens is 3. The van der Waals surface area contributed by atoms with Crippen molar-refractivity contribution >= 4 is 0 Å². The van der Waals surface area contributed by atoms with Crippen LogP contribution in [-0.4, -0.2) is 26.0 Å². The van der Waals surface area contributed by atoms with Crippen LogP contribution in [0.4, 0.5) is 13.2 Å². The molecule has 0 aromatic heterocycles. The summed E-state index contributed by atoms with van der Waals surface area (Å²) in [5.41, 5.74) is -0.0352. The summed E-state index contributed by atoms with van der Waals surface area (Å²) in [6, 6.07) is 5.17. The van der Waals surface area contributed by atoms with Crippen molar-refractivity contribution in [2.75, 3.05) is 19.8 Å². The molecule has 2 rings (SSSR count). The topological polar surface area (TPSA) is 30.5 Å². The molecular formula is C14H18F3NO2. The number of rotatable bonds is 5. The monoisotopic (exact) mass is 289 g/mol. The lowest BCUT2D eigenvalue weighted by Gasteiger charge is -2.22. The maximum Gasteiger partial charge on any atom is 0.416 e. The molecule has 1 aliphatic rings. The van der Waals surface area contributed by atoms with Crippen LogP contribution in [0.5, 0.6) is 0 Å². The molecule has 1 fully saturated rings. The highest BCUT2D eigenvalue weighted by atomic mass is 19.4. The third-order valence-corrected chi connectivity index (χ3v) is 3.19. The van der Waals surface area contributed by atoms with Crippen LogP contribution in [0.25, 0.3) is 0 Å². The standard InChI is InChI=1S/C14H18F3NO2/c1-2-18-12(9-13-19-6-7-20-13)10-4-3-5-11(8-10)14(15,16)17/h3-5,8,12-13,18H,2,6-7,9H2,1H3. The average Bonchev–Trinajstić information content (AvgIpc) is 2.90. The van der Waals surface area contributed by atoms with Crippen molar-refractivity contribution in [2.24, 2.45) is 0 Å². The number of hydrogen-bond donors (Lipinski definition) is 1. The van der Waals surface area contributed by atoms with Gasteiger partial charge < -0.3 is 14.8 Å². The van der Waals surface area contributed by atoms with Gasteiger partial charge in [0.25, 0.3) is 0 Å². The highest BCUT2D eigenvalue weighted by Gasteiger charge is 2.31. The molecule has 0 radical (unpaired) electrons. The smallest absolute Gasteiger partial charge is 0.350 e. The van der Waals surface area contributed by atoms with Crippen molar-refractivity contribution in [3.8, 4) is 0 Å². The van der Waals surface area contributed by atoms with E-state index in [1.165, 1.54) is 12.1 Å². The molecule has 1 atom stereocenters. The Balaban J connectivity index is 2.15. The molecule has 0 spiro atoms. The molecule has 1 N–H and O–H groups in total. The van der Waals surface area contributed by atoms with Crippen LogP contribution in [0.1, 0.15) is 30.5 Å². The minimum atomic E-state index is -4.33. The van der Waals surface area contributed by atoms with Gasteiger partial charge in [-0.05, 0) is 24.2 Å². The second-order valence-electron chi connectivity index (χ2n) is 4.64. The quantitative estimate of drug-likeness (QED) is 0.903. The summed E-state index contributed by atoms with van der Waals surface area (Å²) < 4.78 is 49.0. The van der Waals surface area contributed by atoms with Gasteiger partial charge >= 0.3 is 6.18 Å². The SMILES string of the molecule is CCNC(CC1OCCO1)c1cccc(C(F)(F)F)c1. The molecule has 1 aromatic rings. The van der Waals surface area contributed by atoms with Gasteiger partial charge in [0.15, 0.2) is 6.29 Å². The van der Waals surface area contributed by atoms with E-state index < -0.39 is 11.7 Å². The van der Waals surface area contributed by atoms with Gasteiger partial charge in [-0.25, -0.2) is 0 Å². The van der Waals surface area contributed by atoms with E-state index in [1.807, 2.05) is 6.92 Å². The van der Waals surface area contributed by atoms with E-state index in [2.05, 4.69) is 5.32 Å². The van der Waals surface area contributed by atoms with Crippen LogP contribution in [-0.2, 0) is 15.7 Å². The van der Waals surface area contributed by atoms with Crippen LogP contribution < -0.4 is 5.32 Å². The molecule has 3 nitrogen and oxygen atoms in total. The van der Waals surface area contributed by atoms with Gasteiger partial charge in [-0.15, -0.1) is 0 Å². The van der Waals surface area contributed by atoms with Gasteiger partial charge in [0, 0.05) is 12.5 Å². The lowest BCUT2D eigenvalue weighted by Crippen LogP contribution is -2.26. The molecule has 1 heterocycles. The van der Waals surface area contributed by atoms with E-state index in [-0.39, 0.29) is 12.3 Å². The fourth-order valence-electron chi connectivity index (χ4n) is 2.25. The maximum atomic E-state index is 12.8. The molecule has 1 saturated heterocycles. The third-order valence-electron chi connectivity index (χ3n) is 3.19. The van der Waals surface area contributed by atoms with E-state index in [4.69, 9.17) is 9.47 Å². The molecule has 112 valence electrons. The van der Waals surface area contributed by atoms with Crippen LogP contribution in [0.3, 0.4) is 0 Å². The van der Waals surface area contributed by atoms with Crippen molar-refractivity contribution in [1.82, 2.24) is 5.32 Å².